The summed E-state index contributed by atoms with van der Waals surface area (Å²) in [4.78, 5) is 0. The van der Waals surface area contributed by atoms with Crippen molar-refractivity contribution in [3.05, 3.63) is 34.6 Å². The van der Waals surface area contributed by atoms with Crippen LogP contribution < -0.4 is 5.32 Å². The van der Waals surface area contributed by atoms with Crippen molar-refractivity contribution in [2.24, 2.45) is 0 Å². The van der Waals surface area contributed by atoms with E-state index < -0.39 is 0 Å². The van der Waals surface area contributed by atoms with Crippen LogP contribution in [-0.2, 0) is 4.74 Å². The van der Waals surface area contributed by atoms with Crippen LogP contribution in [0.25, 0.3) is 0 Å². The van der Waals surface area contributed by atoms with Gasteiger partial charge in [0.1, 0.15) is 5.82 Å². The van der Waals surface area contributed by atoms with E-state index in [0.29, 0.717) is 16.7 Å². The van der Waals surface area contributed by atoms with Crippen molar-refractivity contribution in [2.75, 3.05) is 13.7 Å². The van der Waals surface area contributed by atoms with E-state index in [1.54, 1.807) is 12.1 Å². The third-order valence-electron chi connectivity index (χ3n) is 3.74. The maximum absolute atomic E-state index is 13.9. The molecule has 0 radical (unpaired) electrons. The molecule has 1 saturated heterocycles. The van der Waals surface area contributed by atoms with E-state index in [1.807, 2.05) is 7.05 Å². The largest absolute Gasteiger partial charge is 0.378 e. The molecule has 0 bridgehead atoms. The Morgan fingerprint density at radius 3 is 3.00 bits per heavy atom. The summed E-state index contributed by atoms with van der Waals surface area (Å²) in [5.41, 5.74) is 0.582. The lowest BCUT2D eigenvalue weighted by Gasteiger charge is -2.19. The van der Waals surface area contributed by atoms with Gasteiger partial charge in [-0.25, -0.2) is 4.39 Å². The van der Waals surface area contributed by atoms with Crippen LogP contribution in [0.2, 0.25) is 5.02 Å². The van der Waals surface area contributed by atoms with E-state index in [-0.39, 0.29) is 11.9 Å². The van der Waals surface area contributed by atoms with Crippen LogP contribution in [0.5, 0.6) is 0 Å². The molecule has 0 spiro atoms. The van der Waals surface area contributed by atoms with Gasteiger partial charge in [-0.1, -0.05) is 17.7 Å². The van der Waals surface area contributed by atoms with Gasteiger partial charge in [0, 0.05) is 23.2 Å². The Kier molecular flexibility index (Phi) is 5.61. The van der Waals surface area contributed by atoms with Crippen LogP contribution in [0.3, 0.4) is 0 Å². The van der Waals surface area contributed by atoms with E-state index in [4.69, 9.17) is 16.3 Å². The van der Waals surface area contributed by atoms with Gasteiger partial charge in [-0.15, -0.1) is 0 Å². The molecular weight excluding hydrogens is 265 g/mol. The van der Waals surface area contributed by atoms with Crippen LogP contribution in [-0.4, -0.2) is 19.8 Å². The summed E-state index contributed by atoms with van der Waals surface area (Å²) in [6.45, 7) is 0.888. The summed E-state index contributed by atoms with van der Waals surface area (Å²) in [6, 6.07) is 4.81. The Hall–Kier alpha value is -0.640. The second-order valence-electron chi connectivity index (χ2n) is 5.04. The summed E-state index contributed by atoms with van der Waals surface area (Å²) in [7, 11) is 1.85. The molecular formula is C15H21ClFNO. The van der Waals surface area contributed by atoms with Crippen molar-refractivity contribution in [3.63, 3.8) is 0 Å². The molecule has 1 heterocycles. The van der Waals surface area contributed by atoms with E-state index in [0.717, 1.165) is 32.3 Å². The second kappa shape index (κ2) is 7.22. The van der Waals surface area contributed by atoms with Crippen molar-refractivity contribution in [3.8, 4) is 0 Å². The number of hydrogen-bond donors (Lipinski definition) is 1. The lowest BCUT2D eigenvalue weighted by Crippen LogP contribution is -2.19. The van der Waals surface area contributed by atoms with Gasteiger partial charge >= 0.3 is 0 Å². The van der Waals surface area contributed by atoms with Crippen LogP contribution in [0.1, 0.15) is 43.7 Å². The number of halogens is 2. The number of nitrogens with one attached hydrogen (secondary N) is 1. The zero-order valence-electron chi connectivity index (χ0n) is 11.3. The highest BCUT2D eigenvalue weighted by molar-refractivity contribution is 6.31. The van der Waals surface area contributed by atoms with Gasteiger partial charge in [0.2, 0.25) is 0 Å². The van der Waals surface area contributed by atoms with Crippen molar-refractivity contribution in [1.82, 2.24) is 5.32 Å². The molecule has 1 N–H and O–H groups in total. The van der Waals surface area contributed by atoms with Crippen molar-refractivity contribution >= 4 is 11.6 Å². The molecule has 2 unspecified atom stereocenters. The van der Waals surface area contributed by atoms with E-state index >= 15 is 0 Å². The summed E-state index contributed by atoms with van der Waals surface area (Å²) in [5.74, 6) is -0.232. The Balaban J connectivity index is 1.92. The standard InChI is InChI=1S/C15H21ClFNO/c1-18-14(9-2-5-11-6-4-10-19-11)15-12(16)7-3-8-13(15)17/h3,7-8,11,14,18H,2,4-6,9-10H2,1H3. The lowest BCUT2D eigenvalue weighted by molar-refractivity contribution is 0.101. The molecule has 1 fully saturated rings. The molecule has 1 aliphatic rings. The van der Waals surface area contributed by atoms with Crippen molar-refractivity contribution in [1.29, 1.82) is 0 Å². The Labute approximate surface area is 119 Å². The third-order valence-corrected chi connectivity index (χ3v) is 4.07. The van der Waals surface area contributed by atoms with Gasteiger partial charge < -0.3 is 10.1 Å². The minimum Gasteiger partial charge on any atom is -0.378 e. The molecule has 1 aromatic rings. The summed E-state index contributed by atoms with van der Waals surface area (Å²) >= 11 is 6.10. The van der Waals surface area contributed by atoms with Gasteiger partial charge in [-0.3, -0.25) is 0 Å². The lowest BCUT2D eigenvalue weighted by atomic mass is 9.99. The first-order chi connectivity index (χ1) is 9.22. The first kappa shape index (κ1) is 14.8. The molecule has 2 atom stereocenters. The average molecular weight is 286 g/mol. The van der Waals surface area contributed by atoms with Gasteiger partial charge in [-0.05, 0) is 51.3 Å². The van der Waals surface area contributed by atoms with Crippen LogP contribution >= 0.6 is 11.6 Å². The molecule has 4 heteroatoms. The second-order valence-corrected chi connectivity index (χ2v) is 5.45. The Morgan fingerprint density at radius 1 is 1.53 bits per heavy atom. The van der Waals surface area contributed by atoms with Gasteiger partial charge in [-0.2, -0.15) is 0 Å². The average Bonchev–Trinajstić information content (AvgIpc) is 2.89. The maximum atomic E-state index is 13.9. The van der Waals surface area contributed by atoms with Gasteiger partial charge in [0.05, 0.1) is 6.10 Å². The number of benzene rings is 1. The van der Waals surface area contributed by atoms with E-state index in [9.17, 15) is 4.39 Å². The molecule has 0 amide bonds. The van der Waals surface area contributed by atoms with Crippen LogP contribution in [0.4, 0.5) is 4.39 Å². The molecule has 19 heavy (non-hydrogen) atoms. The minimum atomic E-state index is -0.232. The predicted octanol–water partition coefficient (Wildman–Crippen LogP) is 4.09. The fourth-order valence-corrected chi connectivity index (χ4v) is 2.99. The van der Waals surface area contributed by atoms with Crippen LogP contribution in [0, 0.1) is 5.82 Å². The predicted molar refractivity (Wildman–Crippen MR) is 76.0 cm³/mol. The smallest absolute Gasteiger partial charge is 0.129 e. The molecule has 2 rings (SSSR count). The summed E-state index contributed by atoms with van der Waals surface area (Å²) < 4.78 is 19.5. The molecule has 106 valence electrons. The van der Waals surface area contributed by atoms with Crippen LogP contribution in [0.15, 0.2) is 18.2 Å². The van der Waals surface area contributed by atoms with E-state index in [1.165, 1.54) is 12.5 Å². The maximum Gasteiger partial charge on any atom is 0.129 e. The molecule has 0 aliphatic carbocycles. The van der Waals surface area contributed by atoms with E-state index in [2.05, 4.69) is 5.32 Å². The quantitative estimate of drug-likeness (QED) is 0.850. The van der Waals surface area contributed by atoms with Gasteiger partial charge in [0.15, 0.2) is 0 Å². The number of rotatable bonds is 6. The normalized spacial score (nSPS) is 20.7. The topological polar surface area (TPSA) is 21.3 Å². The highest BCUT2D eigenvalue weighted by Crippen LogP contribution is 2.29. The fourth-order valence-electron chi connectivity index (χ4n) is 2.70. The molecule has 1 aromatic carbocycles. The highest BCUT2D eigenvalue weighted by Gasteiger charge is 2.19. The molecule has 0 aromatic heterocycles. The SMILES string of the molecule is CNC(CCCC1CCCO1)c1c(F)cccc1Cl. The zero-order chi connectivity index (χ0) is 13.7. The molecule has 1 aliphatic heterocycles. The third kappa shape index (κ3) is 3.91. The number of ether oxygens (including phenoxy) is 1. The highest BCUT2D eigenvalue weighted by atomic mass is 35.5. The first-order valence-electron chi connectivity index (χ1n) is 6.95. The Morgan fingerprint density at radius 2 is 2.37 bits per heavy atom. The first-order valence-corrected chi connectivity index (χ1v) is 7.33. The summed E-state index contributed by atoms with van der Waals surface area (Å²) in [5, 5.41) is 3.66. The number of hydrogen-bond acceptors (Lipinski definition) is 2. The van der Waals surface area contributed by atoms with Gasteiger partial charge in [0.25, 0.3) is 0 Å². The van der Waals surface area contributed by atoms with Crippen molar-refractivity contribution in [2.45, 2.75) is 44.2 Å². The minimum absolute atomic E-state index is 0.0323. The molecule has 2 nitrogen and oxygen atoms in total. The molecule has 0 saturated carbocycles. The fraction of sp³-hybridized carbons (Fsp3) is 0.600. The Bertz CT molecular complexity index is 387. The zero-order valence-corrected chi connectivity index (χ0v) is 12.0. The monoisotopic (exact) mass is 285 g/mol. The van der Waals surface area contributed by atoms with Crippen molar-refractivity contribution < 1.29 is 9.13 Å². The summed E-state index contributed by atoms with van der Waals surface area (Å²) in [6.07, 6.45) is 5.65.